The molecule has 3 aromatic carbocycles. The van der Waals surface area contributed by atoms with Gasteiger partial charge in [-0.25, -0.2) is 4.98 Å². The zero-order valence-electron chi connectivity index (χ0n) is 18.5. The molecule has 2 aromatic heterocycles. The van der Waals surface area contributed by atoms with E-state index in [4.69, 9.17) is 9.72 Å². The lowest BCUT2D eigenvalue weighted by atomic mass is 10.0. The summed E-state index contributed by atoms with van der Waals surface area (Å²) in [6.07, 6.45) is 0. The lowest BCUT2D eigenvalue weighted by Gasteiger charge is -2.08. The van der Waals surface area contributed by atoms with Crippen molar-refractivity contribution in [2.24, 2.45) is 4.99 Å². The number of fused-ring (bicyclic) bond motifs is 2. The van der Waals surface area contributed by atoms with Crippen LogP contribution in [0.2, 0.25) is 0 Å². The first-order valence-corrected chi connectivity index (χ1v) is 11.6. The SMILES string of the molecule is COCCn1c(=NC(=O)c2cc(-c3ccccc3)nc3ccccc23)sc2cc(C)ccc21. The van der Waals surface area contributed by atoms with Gasteiger partial charge >= 0.3 is 0 Å². The van der Waals surface area contributed by atoms with Gasteiger partial charge in [0.05, 0.1) is 33.6 Å². The fourth-order valence-electron chi connectivity index (χ4n) is 3.92. The van der Waals surface area contributed by atoms with Gasteiger partial charge in [-0.3, -0.25) is 4.79 Å². The molecule has 1 amide bonds. The van der Waals surface area contributed by atoms with Gasteiger partial charge < -0.3 is 9.30 Å². The first-order chi connectivity index (χ1) is 16.1. The van der Waals surface area contributed by atoms with Crippen LogP contribution in [0.3, 0.4) is 0 Å². The summed E-state index contributed by atoms with van der Waals surface area (Å²) in [6.45, 7) is 3.23. The summed E-state index contributed by atoms with van der Waals surface area (Å²) in [7, 11) is 1.68. The molecular formula is C27H23N3O2S. The Labute approximate surface area is 195 Å². The van der Waals surface area contributed by atoms with Gasteiger partial charge in [-0.1, -0.05) is 65.9 Å². The second-order valence-corrected chi connectivity index (χ2v) is 8.86. The molecular weight excluding hydrogens is 430 g/mol. The largest absolute Gasteiger partial charge is 0.383 e. The molecule has 0 aliphatic heterocycles. The van der Waals surface area contributed by atoms with Crippen molar-refractivity contribution in [2.45, 2.75) is 13.5 Å². The van der Waals surface area contributed by atoms with E-state index in [0.717, 1.165) is 32.4 Å². The molecule has 0 unspecified atom stereocenters. The van der Waals surface area contributed by atoms with Crippen molar-refractivity contribution in [1.29, 1.82) is 0 Å². The van der Waals surface area contributed by atoms with Crippen LogP contribution >= 0.6 is 11.3 Å². The maximum Gasteiger partial charge on any atom is 0.280 e. The third-order valence-corrected chi connectivity index (χ3v) is 6.61. The number of ether oxygens (including phenoxy) is 1. The van der Waals surface area contributed by atoms with E-state index in [9.17, 15) is 4.79 Å². The molecule has 0 radical (unpaired) electrons. The fourth-order valence-corrected chi connectivity index (χ4v) is 5.07. The smallest absolute Gasteiger partial charge is 0.280 e. The van der Waals surface area contributed by atoms with Crippen molar-refractivity contribution in [3.05, 3.63) is 94.8 Å². The molecule has 33 heavy (non-hydrogen) atoms. The van der Waals surface area contributed by atoms with Crippen LogP contribution in [0.15, 0.2) is 83.9 Å². The number of rotatable bonds is 5. The normalized spacial score (nSPS) is 12.0. The highest BCUT2D eigenvalue weighted by molar-refractivity contribution is 7.16. The molecule has 164 valence electrons. The van der Waals surface area contributed by atoms with Crippen molar-refractivity contribution in [1.82, 2.24) is 9.55 Å². The van der Waals surface area contributed by atoms with Gasteiger partial charge in [-0.05, 0) is 36.8 Å². The van der Waals surface area contributed by atoms with E-state index < -0.39 is 0 Å². The summed E-state index contributed by atoms with van der Waals surface area (Å²) < 4.78 is 8.46. The number of hydrogen-bond donors (Lipinski definition) is 0. The topological polar surface area (TPSA) is 56.5 Å². The number of methoxy groups -OCH3 is 1. The number of amides is 1. The zero-order chi connectivity index (χ0) is 22.8. The number of thiazole rings is 1. The van der Waals surface area contributed by atoms with Gasteiger partial charge in [0.2, 0.25) is 0 Å². The number of aromatic nitrogens is 2. The molecule has 5 aromatic rings. The Bertz CT molecular complexity index is 1530. The van der Waals surface area contributed by atoms with Crippen molar-refractivity contribution in [3.8, 4) is 11.3 Å². The number of para-hydroxylation sites is 1. The van der Waals surface area contributed by atoms with Crippen molar-refractivity contribution < 1.29 is 9.53 Å². The second kappa shape index (κ2) is 9.10. The Morgan fingerprint density at radius 1 is 1.03 bits per heavy atom. The number of hydrogen-bond acceptors (Lipinski definition) is 4. The predicted molar refractivity (Wildman–Crippen MR) is 134 cm³/mol. The van der Waals surface area contributed by atoms with Crippen LogP contribution in [-0.4, -0.2) is 29.2 Å². The fraction of sp³-hybridized carbons (Fsp3) is 0.148. The van der Waals surface area contributed by atoms with Crippen molar-refractivity contribution in [3.63, 3.8) is 0 Å². The molecule has 5 rings (SSSR count). The van der Waals surface area contributed by atoms with Gasteiger partial charge in [0.15, 0.2) is 4.80 Å². The Morgan fingerprint density at radius 3 is 2.64 bits per heavy atom. The van der Waals surface area contributed by atoms with Crippen LogP contribution < -0.4 is 4.80 Å². The third-order valence-electron chi connectivity index (χ3n) is 5.57. The van der Waals surface area contributed by atoms with E-state index >= 15 is 0 Å². The number of benzene rings is 3. The number of nitrogens with zero attached hydrogens (tertiary/aromatic N) is 3. The molecule has 5 nitrogen and oxygen atoms in total. The van der Waals surface area contributed by atoms with Crippen LogP contribution in [0.1, 0.15) is 15.9 Å². The molecule has 0 fully saturated rings. The molecule has 0 aliphatic carbocycles. The lowest BCUT2D eigenvalue weighted by molar-refractivity contribution is 0.0999. The number of carbonyl (C=O) groups excluding carboxylic acids is 1. The van der Waals surface area contributed by atoms with Crippen LogP contribution in [0.5, 0.6) is 0 Å². The highest BCUT2D eigenvalue weighted by Crippen LogP contribution is 2.26. The maximum absolute atomic E-state index is 13.5. The summed E-state index contributed by atoms with van der Waals surface area (Å²) in [5.74, 6) is -0.278. The van der Waals surface area contributed by atoms with Gasteiger partial charge in [0.1, 0.15) is 0 Å². The summed E-state index contributed by atoms with van der Waals surface area (Å²) in [5.41, 5.74) is 5.27. The number of pyridine rings is 1. The Hall–Kier alpha value is -3.61. The highest BCUT2D eigenvalue weighted by Gasteiger charge is 2.15. The minimum atomic E-state index is -0.278. The van der Waals surface area contributed by atoms with E-state index in [1.54, 1.807) is 7.11 Å². The highest BCUT2D eigenvalue weighted by atomic mass is 32.1. The summed E-state index contributed by atoms with van der Waals surface area (Å²) in [5, 5.41) is 0.798. The predicted octanol–water partition coefficient (Wildman–Crippen LogP) is 5.61. The monoisotopic (exact) mass is 453 g/mol. The Morgan fingerprint density at radius 2 is 1.82 bits per heavy atom. The van der Waals surface area contributed by atoms with Crippen molar-refractivity contribution in [2.75, 3.05) is 13.7 Å². The first-order valence-electron chi connectivity index (χ1n) is 10.8. The molecule has 0 bridgehead atoms. The Kier molecular flexibility index (Phi) is 5.86. The summed E-state index contributed by atoms with van der Waals surface area (Å²) in [6, 6.07) is 25.7. The lowest BCUT2D eigenvalue weighted by Crippen LogP contribution is -2.19. The van der Waals surface area contributed by atoms with E-state index in [1.165, 1.54) is 16.9 Å². The molecule has 0 spiro atoms. The van der Waals surface area contributed by atoms with Crippen LogP contribution in [0, 0.1) is 6.92 Å². The van der Waals surface area contributed by atoms with Crippen LogP contribution in [0.25, 0.3) is 32.4 Å². The molecule has 0 N–H and O–H groups in total. The minimum absolute atomic E-state index is 0.278. The zero-order valence-corrected chi connectivity index (χ0v) is 19.3. The Balaban J connectivity index is 1.69. The molecule has 0 atom stereocenters. The summed E-state index contributed by atoms with van der Waals surface area (Å²) in [4.78, 5) is 23.6. The average molecular weight is 454 g/mol. The van der Waals surface area contributed by atoms with Crippen LogP contribution in [-0.2, 0) is 11.3 Å². The van der Waals surface area contributed by atoms with Gasteiger partial charge in [-0.2, -0.15) is 4.99 Å². The molecule has 0 aliphatic rings. The average Bonchev–Trinajstić information content (AvgIpc) is 3.18. The van der Waals surface area contributed by atoms with E-state index in [1.807, 2.05) is 60.7 Å². The van der Waals surface area contributed by atoms with Gasteiger partial charge in [0, 0.05) is 24.6 Å². The summed E-state index contributed by atoms with van der Waals surface area (Å²) >= 11 is 1.52. The molecule has 2 heterocycles. The third kappa shape index (κ3) is 4.23. The van der Waals surface area contributed by atoms with E-state index in [-0.39, 0.29) is 5.91 Å². The number of aryl methyl sites for hydroxylation is 1. The second-order valence-electron chi connectivity index (χ2n) is 7.86. The van der Waals surface area contributed by atoms with Crippen LogP contribution in [0.4, 0.5) is 0 Å². The van der Waals surface area contributed by atoms with Gasteiger partial charge in [-0.15, -0.1) is 0 Å². The minimum Gasteiger partial charge on any atom is -0.383 e. The molecule has 0 saturated carbocycles. The van der Waals surface area contributed by atoms with Crippen molar-refractivity contribution >= 4 is 38.4 Å². The molecule has 6 heteroatoms. The molecule has 0 saturated heterocycles. The quantitative estimate of drug-likeness (QED) is 0.347. The van der Waals surface area contributed by atoms with E-state index in [0.29, 0.717) is 23.5 Å². The standard InChI is InChI=1S/C27H23N3O2S/c1-18-12-13-24-25(16-18)33-27(30(24)14-15-32-2)29-26(31)21-17-23(19-8-4-3-5-9-19)28-22-11-7-6-10-20(21)22/h3-13,16-17H,14-15H2,1-2H3. The van der Waals surface area contributed by atoms with E-state index in [2.05, 4.69) is 34.7 Å². The maximum atomic E-state index is 13.5. The first kappa shape index (κ1) is 21.2. The van der Waals surface area contributed by atoms with Gasteiger partial charge in [0.25, 0.3) is 5.91 Å². The number of carbonyl (C=O) groups is 1.